The van der Waals surface area contributed by atoms with Crippen molar-refractivity contribution >= 4 is 12.1 Å². The summed E-state index contributed by atoms with van der Waals surface area (Å²) < 4.78 is 5.52. The molecule has 2 aromatic carbocycles. The molecule has 0 aliphatic heterocycles. The van der Waals surface area contributed by atoms with Crippen molar-refractivity contribution in [1.82, 2.24) is 15.6 Å². The molecule has 1 amide bonds. The summed E-state index contributed by atoms with van der Waals surface area (Å²) >= 11 is 0. The Morgan fingerprint density at radius 1 is 1.23 bits per heavy atom. The summed E-state index contributed by atoms with van der Waals surface area (Å²) in [5.74, 6) is 0.359. The number of carbonyl (C=O) groups excluding carboxylic acids is 1. The Labute approximate surface area is 151 Å². The van der Waals surface area contributed by atoms with Gasteiger partial charge in [0.25, 0.3) is 5.91 Å². The van der Waals surface area contributed by atoms with E-state index in [1.54, 1.807) is 12.3 Å². The summed E-state index contributed by atoms with van der Waals surface area (Å²) in [7, 11) is 0. The normalized spacial score (nSPS) is 10.8. The Morgan fingerprint density at radius 3 is 2.77 bits per heavy atom. The number of carbonyl (C=O) groups is 1. The van der Waals surface area contributed by atoms with E-state index in [4.69, 9.17) is 4.74 Å². The minimum Gasteiger partial charge on any atom is -0.493 e. The van der Waals surface area contributed by atoms with Gasteiger partial charge >= 0.3 is 0 Å². The van der Waals surface area contributed by atoms with Gasteiger partial charge in [-0.3, -0.25) is 9.89 Å². The van der Waals surface area contributed by atoms with E-state index in [9.17, 15) is 4.79 Å². The maximum atomic E-state index is 12.2. The Kier molecular flexibility index (Phi) is 5.43. The quantitative estimate of drug-likeness (QED) is 0.528. The lowest BCUT2D eigenvalue weighted by atomic mass is 10.1. The van der Waals surface area contributed by atoms with Crippen LogP contribution in [0.3, 0.4) is 0 Å². The Morgan fingerprint density at radius 2 is 2.00 bits per heavy atom. The van der Waals surface area contributed by atoms with Crippen LogP contribution in [-0.2, 0) is 0 Å². The molecule has 0 spiro atoms. The first-order chi connectivity index (χ1) is 12.7. The predicted octanol–water partition coefficient (Wildman–Crippen LogP) is 3.55. The number of rotatable bonds is 6. The van der Waals surface area contributed by atoms with Gasteiger partial charge in [-0.1, -0.05) is 42.0 Å². The smallest absolute Gasteiger partial charge is 0.289 e. The second kappa shape index (κ2) is 8.11. The van der Waals surface area contributed by atoms with Crippen LogP contribution in [0.25, 0.3) is 11.3 Å². The number of aromatic nitrogens is 2. The van der Waals surface area contributed by atoms with Crippen molar-refractivity contribution in [3.63, 3.8) is 0 Å². The molecule has 6 nitrogen and oxygen atoms in total. The second-order valence-electron chi connectivity index (χ2n) is 5.70. The molecule has 0 fully saturated rings. The summed E-state index contributed by atoms with van der Waals surface area (Å²) in [6, 6.07) is 17.1. The van der Waals surface area contributed by atoms with Crippen molar-refractivity contribution < 1.29 is 9.53 Å². The van der Waals surface area contributed by atoms with Crippen LogP contribution in [0.1, 0.15) is 28.5 Å². The van der Waals surface area contributed by atoms with Crippen molar-refractivity contribution in [1.29, 1.82) is 0 Å². The van der Waals surface area contributed by atoms with E-state index < -0.39 is 0 Å². The molecule has 1 heterocycles. The van der Waals surface area contributed by atoms with Gasteiger partial charge in [0.05, 0.1) is 18.5 Å². The van der Waals surface area contributed by atoms with E-state index in [1.165, 1.54) is 5.56 Å². The molecule has 3 aromatic rings. The molecule has 1 aromatic heterocycles. The number of para-hydroxylation sites is 1. The standard InChI is InChI=1S/C20H20N4O2/c1-3-26-19-7-5-4-6-16(19)13-21-24-20(25)18-12-17(22-23-18)15-10-8-14(2)9-11-15/h4-13H,3H2,1-2H3,(H,22,23)(H,24,25). The Bertz CT molecular complexity index is 914. The van der Waals surface area contributed by atoms with Crippen LogP contribution in [0.2, 0.25) is 0 Å². The number of benzene rings is 2. The van der Waals surface area contributed by atoms with Crippen LogP contribution >= 0.6 is 0 Å². The van der Waals surface area contributed by atoms with Crippen LogP contribution in [-0.4, -0.2) is 28.9 Å². The molecule has 0 unspecified atom stereocenters. The minimum absolute atomic E-state index is 0.343. The van der Waals surface area contributed by atoms with Gasteiger partial charge in [-0.25, -0.2) is 5.43 Å². The molecule has 0 radical (unpaired) electrons. The summed E-state index contributed by atoms with van der Waals surface area (Å²) in [6.07, 6.45) is 1.56. The monoisotopic (exact) mass is 348 g/mol. The fourth-order valence-electron chi connectivity index (χ4n) is 2.41. The van der Waals surface area contributed by atoms with Gasteiger partial charge in [-0.15, -0.1) is 0 Å². The van der Waals surface area contributed by atoms with Gasteiger partial charge in [0.2, 0.25) is 0 Å². The highest BCUT2D eigenvalue weighted by Gasteiger charge is 2.10. The third-order valence-electron chi connectivity index (χ3n) is 3.76. The summed E-state index contributed by atoms with van der Waals surface area (Å²) in [5.41, 5.74) is 6.45. The number of hydrogen-bond acceptors (Lipinski definition) is 4. The largest absolute Gasteiger partial charge is 0.493 e. The van der Waals surface area contributed by atoms with Crippen LogP contribution in [0.15, 0.2) is 59.7 Å². The second-order valence-corrected chi connectivity index (χ2v) is 5.70. The number of hydrazone groups is 1. The maximum absolute atomic E-state index is 12.2. The van der Waals surface area contributed by atoms with Crippen LogP contribution in [0.5, 0.6) is 5.75 Å². The van der Waals surface area contributed by atoms with E-state index in [2.05, 4.69) is 20.7 Å². The Hall–Kier alpha value is -3.41. The number of hydrogen-bond donors (Lipinski definition) is 2. The average Bonchev–Trinajstić information content (AvgIpc) is 3.14. The highest BCUT2D eigenvalue weighted by Crippen LogP contribution is 2.18. The summed E-state index contributed by atoms with van der Waals surface area (Å²) in [5, 5.41) is 10.9. The van der Waals surface area contributed by atoms with Gasteiger partial charge in [0, 0.05) is 11.1 Å². The molecule has 26 heavy (non-hydrogen) atoms. The van der Waals surface area contributed by atoms with Crippen molar-refractivity contribution in [3.8, 4) is 17.0 Å². The van der Waals surface area contributed by atoms with Gasteiger partial charge in [-0.2, -0.15) is 10.2 Å². The zero-order valence-electron chi connectivity index (χ0n) is 14.7. The SMILES string of the molecule is CCOc1ccccc1C=NNC(=O)c1cc(-c2ccc(C)cc2)n[nH]1. The highest BCUT2D eigenvalue weighted by molar-refractivity contribution is 5.94. The van der Waals surface area contributed by atoms with E-state index >= 15 is 0 Å². The highest BCUT2D eigenvalue weighted by atomic mass is 16.5. The third-order valence-corrected chi connectivity index (χ3v) is 3.76. The van der Waals surface area contributed by atoms with Crippen LogP contribution in [0, 0.1) is 6.92 Å². The first-order valence-electron chi connectivity index (χ1n) is 8.35. The number of amides is 1. The van der Waals surface area contributed by atoms with E-state index in [1.807, 2.05) is 62.4 Å². The molecule has 0 saturated heterocycles. The van der Waals surface area contributed by atoms with Crippen molar-refractivity contribution in [2.45, 2.75) is 13.8 Å². The fourth-order valence-corrected chi connectivity index (χ4v) is 2.41. The number of ether oxygens (including phenoxy) is 1. The zero-order chi connectivity index (χ0) is 18.4. The molecule has 0 bridgehead atoms. The van der Waals surface area contributed by atoms with Crippen LogP contribution in [0.4, 0.5) is 0 Å². The first-order valence-corrected chi connectivity index (χ1v) is 8.35. The number of aromatic amines is 1. The molecule has 0 atom stereocenters. The third kappa shape index (κ3) is 4.16. The lowest BCUT2D eigenvalue weighted by molar-refractivity contribution is 0.0950. The van der Waals surface area contributed by atoms with Gasteiger partial charge in [0.1, 0.15) is 11.4 Å². The Balaban J connectivity index is 1.67. The summed E-state index contributed by atoms with van der Waals surface area (Å²) in [4.78, 5) is 12.2. The maximum Gasteiger partial charge on any atom is 0.289 e. The molecule has 3 rings (SSSR count). The topological polar surface area (TPSA) is 79.4 Å². The molecule has 6 heteroatoms. The minimum atomic E-state index is -0.360. The first kappa shape index (κ1) is 17.4. The molecule has 132 valence electrons. The molecule has 0 aliphatic rings. The number of nitrogens with one attached hydrogen (secondary N) is 2. The van der Waals surface area contributed by atoms with Gasteiger partial charge in [-0.05, 0) is 32.0 Å². The van der Waals surface area contributed by atoms with E-state index in [-0.39, 0.29) is 5.91 Å². The van der Waals surface area contributed by atoms with Crippen LogP contribution < -0.4 is 10.2 Å². The molecular formula is C20H20N4O2. The van der Waals surface area contributed by atoms with Gasteiger partial charge in [0.15, 0.2) is 0 Å². The van der Waals surface area contributed by atoms with E-state index in [0.29, 0.717) is 18.0 Å². The molecule has 0 aliphatic carbocycles. The zero-order valence-corrected chi connectivity index (χ0v) is 14.7. The lowest BCUT2D eigenvalue weighted by Gasteiger charge is -2.05. The molecule has 0 saturated carbocycles. The van der Waals surface area contributed by atoms with E-state index in [0.717, 1.165) is 16.9 Å². The lowest BCUT2D eigenvalue weighted by Crippen LogP contribution is -2.18. The molecular weight excluding hydrogens is 328 g/mol. The van der Waals surface area contributed by atoms with Crippen molar-refractivity contribution in [2.75, 3.05) is 6.61 Å². The number of aryl methyl sites for hydroxylation is 1. The predicted molar refractivity (Wildman–Crippen MR) is 101 cm³/mol. The fraction of sp³-hybridized carbons (Fsp3) is 0.150. The van der Waals surface area contributed by atoms with Crippen molar-refractivity contribution in [3.05, 3.63) is 71.4 Å². The van der Waals surface area contributed by atoms with Gasteiger partial charge < -0.3 is 4.74 Å². The summed E-state index contributed by atoms with van der Waals surface area (Å²) in [6.45, 7) is 4.50. The van der Waals surface area contributed by atoms with Crippen molar-refractivity contribution in [2.24, 2.45) is 5.10 Å². The number of H-pyrrole nitrogens is 1. The average molecular weight is 348 g/mol. The molecule has 2 N–H and O–H groups in total. The number of nitrogens with zero attached hydrogens (tertiary/aromatic N) is 2.